The van der Waals surface area contributed by atoms with Gasteiger partial charge in [0.2, 0.25) is 0 Å². The fourth-order valence-corrected chi connectivity index (χ4v) is 13.0. The Morgan fingerprint density at radius 2 is 0.489 bits per heavy atom. The van der Waals surface area contributed by atoms with Crippen molar-refractivity contribution in [2.75, 3.05) is 39.6 Å². The van der Waals surface area contributed by atoms with Gasteiger partial charge in [0.1, 0.15) is 19.3 Å². The molecule has 0 aliphatic carbocycles. The van der Waals surface area contributed by atoms with Crippen LogP contribution in [-0.2, 0) is 65.4 Å². The zero-order chi connectivity index (χ0) is 69.4. The highest BCUT2D eigenvalue weighted by molar-refractivity contribution is 7.47. The minimum absolute atomic E-state index is 0.105. The Balaban J connectivity index is 5.24. The van der Waals surface area contributed by atoms with Crippen molar-refractivity contribution in [3.63, 3.8) is 0 Å². The van der Waals surface area contributed by atoms with Crippen molar-refractivity contribution in [2.24, 2.45) is 17.8 Å². The van der Waals surface area contributed by atoms with Crippen molar-refractivity contribution in [1.82, 2.24) is 0 Å². The highest BCUT2D eigenvalue weighted by Gasteiger charge is 2.30. The van der Waals surface area contributed by atoms with E-state index in [1.807, 2.05) is 0 Å². The van der Waals surface area contributed by atoms with Gasteiger partial charge in [-0.15, -0.1) is 0 Å². The summed E-state index contributed by atoms with van der Waals surface area (Å²) in [5.74, 6) is 0.104. The van der Waals surface area contributed by atoms with E-state index in [1.54, 1.807) is 0 Å². The van der Waals surface area contributed by atoms with E-state index in [2.05, 4.69) is 48.5 Å². The van der Waals surface area contributed by atoms with E-state index in [9.17, 15) is 43.2 Å². The first-order chi connectivity index (χ1) is 45.2. The number of carbonyl (C=O) groups excluding carboxylic acids is 4. The van der Waals surface area contributed by atoms with Gasteiger partial charge in [-0.3, -0.25) is 37.3 Å². The molecule has 94 heavy (non-hydrogen) atoms. The van der Waals surface area contributed by atoms with E-state index in [0.717, 1.165) is 108 Å². The summed E-state index contributed by atoms with van der Waals surface area (Å²) in [5, 5.41) is 10.6. The first-order valence-corrected chi connectivity index (χ1v) is 41.8. The molecule has 0 aromatic carbocycles. The molecule has 19 heteroatoms. The molecule has 0 aromatic heterocycles. The fraction of sp³-hybridized carbons (Fsp3) is 0.947. The normalized spacial score (nSPS) is 14.1. The second kappa shape index (κ2) is 65.7. The molecule has 0 aliphatic heterocycles. The molecule has 558 valence electrons. The van der Waals surface area contributed by atoms with Gasteiger partial charge in [-0.05, 0) is 43.4 Å². The van der Waals surface area contributed by atoms with Gasteiger partial charge in [0.25, 0.3) is 0 Å². The van der Waals surface area contributed by atoms with E-state index in [4.69, 9.17) is 37.0 Å². The van der Waals surface area contributed by atoms with Gasteiger partial charge in [0, 0.05) is 25.7 Å². The Hall–Kier alpha value is -1.94. The minimum Gasteiger partial charge on any atom is -0.462 e. The zero-order valence-corrected chi connectivity index (χ0v) is 63.2. The molecule has 0 spiro atoms. The molecule has 5 atom stereocenters. The number of ether oxygens (including phenoxy) is 4. The molecular weight excluding hydrogens is 1230 g/mol. The van der Waals surface area contributed by atoms with Gasteiger partial charge in [0.15, 0.2) is 12.2 Å². The van der Waals surface area contributed by atoms with Gasteiger partial charge in [-0.25, -0.2) is 9.13 Å². The van der Waals surface area contributed by atoms with Gasteiger partial charge < -0.3 is 33.8 Å². The molecule has 0 saturated heterocycles. The fourth-order valence-electron chi connectivity index (χ4n) is 11.4. The number of phosphoric ester groups is 2. The Kier molecular flexibility index (Phi) is 64.3. The average Bonchev–Trinajstić information content (AvgIpc) is 1.78. The van der Waals surface area contributed by atoms with Gasteiger partial charge in [-0.2, -0.15) is 0 Å². The largest absolute Gasteiger partial charge is 0.472 e. The van der Waals surface area contributed by atoms with Crippen LogP contribution in [0.5, 0.6) is 0 Å². The molecule has 0 aromatic rings. The summed E-state index contributed by atoms with van der Waals surface area (Å²) in [5.41, 5.74) is 0. The lowest BCUT2D eigenvalue weighted by Crippen LogP contribution is -2.30. The zero-order valence-electron chi connectivity index (χ0n) is 61.4. The number of rotatable bonds is 73. The summed E-state index contributed by atoms with van der Waals surface area (Å²) in [4.78, 5) is 72.8. The predicted octanol–water partition coefficient (Wildman–Crippen LogP) is 21.8. The number of hydrogen-bond donors (Lipinski definition) is 3. The van der Waals surface area contributed by atoms with Crippen LogP contribution in [0.25, 0.3) is 0 Å². The third-order valence-electron chi connectivity index (χ3n) is 17.4. The van der Waals surface area contributed by atoms with Crippen LogP contribution in [-0.4, -0.2) is 96.7 Å². The van der Waals surface area contributed by atoms with Gasteiger partial charge >= 0.3 is 39.5 Å². The van der Waals surface area contributed by atoms with Crippen LogP contribution in [0.4, 0.5) is 0 Å². The first-order valence-electron chi connectivity index (χ1n) is 38.8. The maximum Gasteiger partial charge on any atom is 0.472 e. The molecule has 2 unspecified atom stereocenters. The van der Waals surface area contributed by atoms with Crippen molar-refractivity contribution < 1.29 is 80.2 Å². The molecular formula is C75H146O17P2. The molecule has 0 aliphatic rings. The van der Waals surface area contributed by atoms with Crippen molar-refractivity contribution in [3.8, 4) is 0 Å². The van der Waals surface area contributed by atoms with Crippen LogP contribution in [0.15, 0.2) is 0 Å². The van der Waals surface area contributed by atoms with Crippen LogP contribution in [0.3, 0.4) is 0 Å². The van der Waals surface area contributed by atoms with E-state index >= 15 is 0 Å². The number of carbonyl (C=O) groups is 4. The van der Waals surface area contributed by atoms with E-state index in [0.29, 0.717) is 25.7 Å². The highest BCUT2D eigenvalue weighted by atomic mass is 31.2. The van der Waals surface area contributed by atoms with Crippen molar-refractivity contribution in [3.05, 3.63) is 0 Å². The first kappa shape index (κ1) is 92.1. The van der Waals surface area contributed by atoms with Crippen LogP contribution < -0.4 is 0 Å². The maximum atomic E-state index is 13.1. The van der Waals surface area contributed by atoms with Crippen LogP contribution in [0, 0.1) is 17.8 Å². The molecule has 0 saturated carbocycles. The lowest BCUT2D eigenvalue weighted by Gasteiger charge is -2.21. The topological polar surface area (TPSA) is 237 Å². The number of aliphatic hydroxyl groups is 1. The van der Waals surface area contributed by atoms with Crippen LogP contribution in [0.2, 0.25) is 0 Å². The van der Waals surface area contributed by atoms with Crippen molar-refractivity contribution in [1.29, 1.82) is 0 Å². The summed E-state index contributed by atoms with van der Waals surface area (Å²) in [7, 11) is -9.91. The Morgan fingerprint density at radius 3 is 0.723 bits per heavy atom. The second-order valence-electron chi connectivity index (χ2n) is 28.5. The Labute approximate surface area is 575 Å². The van der Waals surface area contributed by atoms with Gasteiger partial charge in [0.05, 0.1) is 26.4 Å². The van der Waals surface area contributed by atoms with Gasteiger partial charge in [-0.1, -0.05) is 331 Å². The van der Waals surface area contributed by atoms with Crippen LogP contribution >= 0.6 is 15.6 Å². The number of unbranched alkanes of at least 4 members (excludes halogenated alkanes) is 41. The standard InChI is InChI=1S/C75H146O17P2/c1-8-9-10-11-12-13-14-15-16-17-18-19-20-21-28-37-44-51-58-74(79)91-70(62-85-72(77)56-49-42-35-29-22-25-32-39-46-53-66(2)3)64-89-93(81,82)87-60-69(76)61-88-94(83,84)90-65-71(92-75(80)59-52-45-38-31-24-27-34-41-48-55-68(6)7)63-86-73(78)57-50-43-36-30-23-26-33-40-47-54-67(4)5/h66-71,76H,8-65H2,1-7H3,(H,81,82)(H,83,84)/t69-,70-,71-/m1/s1. The molecule has 0 bridgehead atoms. The monoisotopic (exact) mass is 1380 g/mol. The number of esters is 4. The second-order valence-corrected chi connectivity index (χ2v) is 31.4. The summed E-state index contributed by atoms with van der Waals surface area (Å²) in [6.45, 7) is 11.8. The molecule has 0 radical (unpaired) electrons. The Morgan fingerprint density at radius 1 is 0.287 bits per heavy atom. The smallest absolute Gasteiger partial charge is 0.462 e. The Bertz CT molecular complexity index is 1840. The predicted molar refractivity (Wildman–Crippen MR) is 381 cm³/mol. The number of hydrogen-bond acceptors (Lipinski definition) is 15. The van der Waals surface area contributed by atoms with E-state index < -0.39 is 97.5 Å². The lowest BCUT2D eigenvalue weighted by molar-refractivity contribution is -0.161. The molecule has 17 nitrogen and oxygen atoms in total. The third kappa shape index (κ3) is 68.6. The summed E-state index contributed by atoms with van der Waals surface area (Å²) >= 11 is 0. The molecule has 0 rings (SSSR count). The third-order valence-corrected chi connectivity index (χ3v) is 19.3. The number of aliphatic hydroxyl groups excluding tert-OH is 1. The van der Waals surface area contributed by atoms with Crippen LogP contribution in [0.1, 0.15) is 382 Å². The summed E-state index contributed by atoms with van der Waals surface area (Å²) < 4.78 is 68.5. The van der Waals surface area contributed by atoms with E-state index in [1.165, 1.54) is 193 Å². The highest BCUT2D eigenvalue weighted by Crippen LogP contribution is 2.45. The maximum absolute atomic E-state index is 13.1. The molecule has 0 fully saturated rings. The quantitative estimate of drug-likeness (QED) is 0.0222. The SMILES string of the molecule is CCCCCCCCCCCCCCCCCCCCC(=O)O[C@H](COC(=O)CCCCCCCCCCCC(C)C)COP(=O)(O)OC[C@@H](O)COP(=O)(O)OC[C@@H](COC(=O)CCCCCCCCCCCC(C)C)OC(=O)CCCCCCCCCCCC(C)C. The average molecular weight is 1380 g/mol. The van der Waals surface area contributed by atoms with Crippen molar-refractivity contribution in [2.45, 2.75) is 401 Å². The lowest BCUT2D eigenvalue weighted by atomic mass is 10.0. The molecule has 3 N–H and O–H groups in total. The molecule has 0 heterocycles. The summed E-state index contributed by atoms with van der Waals surface area (Å²) in [6, 6.07) is 0. The molecule has 0 amide bonds. The number of phosphoric acid groups is 2. The summed E-state index contributed by atoms with van der Waals surface area (Å²) in [6.07, 6.45) is 51.4. The minimum atomic E-state index is -4.96. The van der Waals surface area contributed by atoms with E-state index in [-0.39, 0.29) is 25.7 Å². The van der Waals surface area contributed by atoms with Crippen molar-refractivity contribution >= 4 is 39.5 Å².